The number of nitrogens with one attached hydrogen (secondary N) is 2. The number of rotatable bonds is 3. The van der Waals surface area contributed by atoms with E-state index in [1.165, 1.54) is 13.2 Å². The number of hydrogen-bond donors (Lipinski definition) is 3. The number of benzene rings is 1. The second-order valence-electron chi connectivity index (χ2n) is 10.7. The van der Waals surface area contributed by atoms with Crippen LogP contribution in [-0.2, 0) is 4.74 Å². The Kier molecular flexibility index (Phi) is 5.64. The molecule has 194 valence electrons. The molecule has 1 aromatic carbocycles. The Bertz CT molecular complexity index is 1510. The van der Waals surface area contributed by atoms with E-state index in [1.54, 1.807) is 0 Å². The largest absolute Gasteiger partial charge is 0.465 e. The number of anilines is 2. The van der Waals surface area contributed by atoms with Crippen LogP contribution < -0.4 is 15.1 Å². The number of carbonyl (C=O) groups excluding carboxylic acids is 1. The zero-order chi connectivity index (χ0) is 26.9. The Morgan fingerprint density at radius 3 is 2.81 bits per heavy atom. The molecule has 37 heavy (non-hydrogen) atoms. The molecule has 2 amide bonds. The van der Waals surface area contributed by atoms with Crippen molar-refractivity contribution in [1.82, 2.24) is 15.3 Å². The topological polar surface area (TPSA) is 135 Å². The van der Waals surface area contributed by atoms with Gasteiger partial charge in [-0.3, -0.25) is 4.90 Å². The second kappa shape index (κ2) is 8.38. The Morgan fingerprint density at radius 2 is 2.16 bits per heavy atom. The number of carboxylic acid groups (broad SMARTS) is 1. The summed E-state index contributed by atoms with van der Waals surface area (Å²) in [5, 5.41) is 23.3. The van der Waals surface area contributed by atoms with Crippen molar-refractivity contribution >= 4 is 57.1 Å². The van der Waals surface area contributed by atoms with E-state index in [9.17, 15) is 20.0 Å². The van der Waals surface area contributed by atoms with Crippen LogP contribution in [-0.4, -0.2) is 59.0 Å². The summed E-state index contributed by atoms with van der Waals surface area (Å²) in [6.07, 6.45) is 1.31. The van der Waals surface area contributed by atoms with Crippen molar-refractivity contribution in [3.8, 4) is 6.07 Å². The van der Waals surface area contributed by atoms with Gasteiger partial charge in [-0.25, -0.2) is 19.0 Å². The first-order valence-electron chi connectivity index (χ1n) is 11.8. The smallest absolute Gasteiger partial charge is 0.411 e. The Balaban J connectivity index is 1.56. The number of amides is 2. The van der Waals surface area contributed by atoms with Crippen LogP contribution in [0, 0.1) is 22.6 Å². The van der Waals surface area contributed by atoms with Crippen molar-refractivity contribution in [1.29, 1.82) is 5.26 Å². The van der Waals surface area contributed by atoms with Crippen molar-refractivity contribution in [3.63, 3.8) is 0 Å². The third-order valence-corrected chi connectivity index (χ3v) is 7.38. The molecule has 2 aliphatic rings. The number of H-pyrrole nitrogens is 1. The van der Waals surface area contributed by atoms with E-state index < -0.39 is 23.6 Å². The van der Waals surface area contributed by atoms with Crippen LogP contribution in [0.15, 0.2) is 12.3 Å². The van der Waals surface area contributed by atoms with Gasteiger partial charge >= 0.3 is 12.2 Å². The van der Waals surface area contributed by atoms with Gasteiger partial charge in [0, 0.05) is 43.0 Å². The maximum Gasteiger partial charge on any atom is 0.411 e. The lowest BCUT2D eigenvalue weighted by Crippen LogP contribution is -2.36. The average Bonchev–Trinajstić information content (AvgIpc) is 3.12. The van der Waals surface area contributed by atoms with Gasteiger partial charge in [-0.05, 0) is 33.6 Å². The van der Waals surface area contributed by atoms with Crippen molar-refractivity contribution in [2.24, 2.45) is 5.41 Å². The summed E-state index contributed by atoms with van der Waals surface area (Å²) in [5.74, 6) is -0.841. The molecule has 0 radical (unpaired) electrons. The second-order valence-corrected chi connectivity index (χ2v) is 11.1. The highest BCUT2D eigenvalue weighted by Crippen LogP contribution is 2.55. The van der Waals surface area contributed by atoms with E-state index in [0.717, 1.165) is 23.8 Å². The summed E-state index contributed by atoms with van der Waals surface area (Å²) >= 11 is 6.65. The van der Waals surface area contributed by atoms with Gasteiger partial charge in [0.15, 0.2) is 0 Å². The molecule has 1 saturated heterocycles. The molecule has 2 unspecified atom stereocenters. The minimum atomic E-state index is -1.28. The maximum absolute atomic E-state index is 15.1. The summed E-state index contributed by atoms with van der Waals surface area (Å²) in [4.78, 5) is 34.3. The van der Waals surface area contributed by atoms with Crippen LogP contribution in [0.5, 0.6) is 0 Å². The highest BCUT2D eigenvalue weighted by Gasteiger charge is 2.58. The molecule has 2 fully saturated rings. The van der Waals surface area contributed by atoms with E-state index in [-0.39, 0.29) is 33.6 Å². The zero-order valence-electron chi connectivity index (χ0n) is 20.8. The van der Waals surface area contributed by atoms with Crippen molar-refractivity contribution < 1.29 is 23.8 Å². The molecule has 1 spiro atoms. The number of halogens is 2. The van der Waals surface area contributed by atoms with Gasteiger partial charge in [-0.1, -0.05) is 11.6 Å². The number of nitriles is 1. The van der Waals surface area contributed by atoms with E-state index in [2.05, 4.69) is 20.2 Å². The average molecular weight is 529 g/mol. The van der Waals surface area contributed by atoms with E-state index in [4.69, 9.17) is 16.3 Å². The molecule has 0 bridgehead atoms. The third-order valence-electron chi connectivity index (χ3n) is 7.10. The predicted octanol–water partition coefficient (Wildman–Crippen LogP) is 4.99. The molecule has 3 aromatic rings. The SMILES string of the molecule is CN(C(=O)O)c1cc(F)c(C#N)c2c1[nH]c1ncc(Cl)c(N3CCC4(CC4NC(=O)OC(C)(C)C)C3)c12. The van der Waals surface area contributed by atoms with Gasteiger partial charge in [0.05, 0.1) is 39.1 Å². The Hall–Kier alpha value is -3.78. The fourth-order valence-corrected chi connectivity index (χ4v) is 5.53. The molecular formula is C25H26ClFN6O4. The minimum Gasteiger partial charge on any atom is -0.465 e. The first kappa shape index (κ1) is 24.9. The number of hydrogen-bond acceptors (Lipinski definition) is 6. The number of pyridine rings is 1. The Labute approximate surface area is 216 Å². The highest BCUT2D eigenvalue weighted by atomic mass is 35.5. The molecule has 3 heterocycles. The molecule has 2 aromatic heterocycles. The van der Waals surface area contributed by atoms with E-state index in [1.807, 2.05) is 26.8 Å². The fourth-order valence-electron chi connectivity index (χ4n) is 5.27. The molecule has 3 N–H and O–H groups in total. The molecule has 1 aliphatic heterocycles. The van der Waals surface area contributed by atoms with E-state index in [0.29, 0.717) is 34.8 Å². The highest BCUT2D eigenvalue weighted by molar-refractivity contribution is 6.36. The first-order chi connectivity index (χ1) is 17.3. The summed E-state index contributed by atoms with van der Waals surface area (Å²) < 4.78 is 20.5. The quantitative estimate of drug-likeness (QED) is 0.436. The fraction of sp³-hybridized carbons (Fsp3) is 0.440. The van der Waals surface area contributed by atoms with Crippen molar-refractivity contribution in [3.05, 3.63) is 28.7 Å². The van der Waals surface area contributed by atoms with Gasteiger partial charge in [0.25, 0.3) is 0 Å². The number of carbonyl (C=O) groups is 2. The Morgan fingerprint density at radius 1 is 1.43 bits per heavy atom. The number of ether oxygens (including phenoxy) is 1. The lowest BCUT2D eigenvalue weighted by Gasteiger charge is -2.22. The van der Waals surface area contributed by atoms with Crippen LogP contribution in [0.3, 0.4) is 0 Å². The van der Waals surface area contributed by atoms with E-state index >= 15 is 4.39 Å². The van der Waals surface area contributed by atoms with Gasteiger partial charge in [-0.2, -0.15) is 5.26 Å². The third kappa shape index (κ3) is 4.15. The zero-order valence-corrected chi connectivity index (χ0v) is 21.5. The molecule has 12 heteroatoms. The number of fused-ring (bicyclic) bond motifs is 3. The van der Waals surface area contributed by atoms with Gasteiger partial charge in [-0.15, -0.1) is 0 Å². The lowest BCUT2D eigenvalue weighted by atomic mass is 10.0. The lowest BCUT2D eigenvalue weighted by molar-refractivity contribution is 0.0516. The normalized spacial score (nSPS) is 20.9. The van der Waals surface area contributed by atoms with Crippen molar-refractivity contribution in [2.45, 2.75) is 45.3 Å². The first-order valence-corrected chi connectivity index (χ1v) is 12.2. The van der Waals surface area contributed by atoms with Crippen LogP contribution in [0.2, 0.25) is 5.02 Å². The maximum atomic E-state index is 15.1. The molecular weight excluding hydrogens is 503 g/mol. The standard InChI is InChI=1S/C25H26ClFN6O4/c1-24(2,3)37-22(34)30-16-8-25(16)5-6-33(11-25)20-13(26)10-29-21-18(20)17-12(9-28)14(27)7-15(19(17)31-21)32(4)23(35)36/h7,10,16H,5-6,8,11H2,1-4H3,(H,29,31)(H,30,34)(H,35,36). The molecule has 1 aliphatic carbocycles. The summed E-state index contributed by atoms with van der Waals surface area (Å²) in [5.41, 5.74) is 0.305. The molecule has 1 saturated carbocycles. The summed E-state index contributed by atoms with van der Waals surface area (Å²) in [7, 11) is 1.30. The van der Waals surface area contributed by atoms with Crippen LogP contribution in [0.1, 0.15) is 39.2 Å². The number of alkyl carbamates (subject to hydrolysis) is 1. The number of nitrogens with zero attached hydrogens (tertiary/aromatic N) is 4. The number of aromatic amines is 1. The van der Waals surface area contributed by atoms with Gasteiger partial charge in [0.2, 0.25) is 0 Å². The van der Waals surface area contributed by atoms with Gasteiger partial charge < -0.3 is 25.0 Å². The molecule has 2 atom stereocenters. The minimum absolute atomic E-state index is 0.0469. The van der Waals surface area contributed by atoms with Crippen LogP contribution in [0.4, 0.5) is 25.4 Å². The predicted molar refractivity (Wildman–Crippen MR) is 137 cm³/mol. The molecule has 10 nitrogen and oxygen atoms in total. The summed E-state index contributed by atoms with van der Waals surface area (Å²) in [6.45, 7) is 6.63. The van der Waals surface area contributed by atoms with Crippen LogP contribution in [0.25, 0.3) is 21.9 Å². The summed E-state index contributed by atoms with van der Waals surface area (Å²) in [6, 6.07) is 2.89. The van der Waals surface area contributed by atoms with Crippen molar-refractivity contribution in [2.75, 3.05) is 29.9 Å². The van der Waals surface area contributed by atoms with Gasteiger partial charge in [0.1, 0.15) is 23.1 Å². The van der Waals surface area contributed by atoms with Crippen LogP contribution >= 0.6 is 11.6 Å². The monoisotopic (exact) mass is 528 g/mol. The number of aromatic nitrogens is 2. The molecule has 5 rings (SSSR count).